The maximum atomic E-state index is 11.6. The van der Waals surface area contributed by atoms with Crippen LogP contribution in [0.15, 0.2) is 0 Å². The molecule has 0 aromatic rings. The summed E-state index contributed by atoms with van der Waals surface area (Å²) in [4.78, 5) is 36.0. The number of hydrogen-bond donors (Lipinski definition) is 3. The number of carbonyl (C=O) groups is 3. The molecule has 0 aromatic heterocycles. The summed E-state index contributed by atoms with van der Waals surface area (Å²) < 4.78 is 5.12. The van der Waals surface area contributed by atoms with Gasteiger partial charge in [-0.05, 0) is 53.6 Å². The van der Waals surface area contributed by atoms with Crippen molar-refractivity contribution in [3.8, 4) is 0 Å². The highest BCUT2D eigenvalue weighted by molar-refractivity contribution is 5.80. The van der Waals surface area contributed by atoms with Crippen LogP contribution >= 0.6 is 0 Å². The molecule has 1 saturated heterocycles. The zero-order valence-electron chi connectivity index (χ0n) is 15.0. The molecule has 3 unspecified atom stereocenters. The Kier molecular flexibility index (Phi) is 7.62. The lowest BCUT2D eigenvalue weighted by molar-refractivity contribution is -0.122. The van der Waals surface area contributed by atoms with Gasteiger partial charge in [0, 0.05) is 12.6 Å². The molecule has 24 heavy (non-hydrogen) atoms. The Morgan fingerprint density at radius 2 is 2.04 bits per heavy atom. The first-order valence-corrected chi connectivity index (χ1v) is 8.31. The van der Waals surface area contributed by atoms with Crippen LogP contribution in [0, 0.1) is 0 Å². The van der Waals surface area contributed by atoms with Crippen LogP contribution in [-0.2, 0) is 14.3 Å². The lowest BCUT2D eigenvalue weighted by atomic mass is 10.1. The summed E-state index contributed by atoms with van der Waals surface area (Å²) in [5, 5.41) is 5.67. The molecule has 0 spiro atoms. The zero-order valence-corrected chi connectivity index (χ0v) is 15.0. The van der Waals surface area contributed by atoms with E-state index in [1.165, 1.54) is 0 Å². The van der Waals surface area contributed by atoms with E-state index in [9.17, 15) is 14.4 Å². The number of amides is 2. The van der Waals surface area contributed by atoms with Gasteiger partial charge >= 0.3 is 6.09 Å². The van der Waals surface area contributed by atoms with Gasteiger partial charge in [-0.3, -0.25) is 9.69 Å². The number of alkyl carbamates (subject to hydrolysis) is 1. The number of nitrogens with one attached hydrogen (secondary N) is 2. The number of carbonyl (C=O) groups excluding carboxylic acids is 3. The number of primary amides is 1. The van der Waals surface area contributed by atoms with Gasteiger partial charge in [-0.15, -0.1) is 0 Å². The van der Waals surface area contributed by atoms with Gasteiger partial charge in [0.2, 0.25) is 5.91 Å². The van der Waals surface area contributed by atoms with Gasteiger partial charge in [-0.2, -0.15) is 0 Å². The second-order valence-electron chi connectivity index (χ2n) is 7.20. The van der Waals surface area contributed by atoms with E-state index in [0.717, 1.165) is 19.3 Å². The predicted octanol–water partition coefficient (Wildman–Crippen LogP) is 0.00640. The van der Waals surface area contributed by atoms with Gasteiger partial charge in [-0.25, -0.2) is 4.79 Å². The van der Waals surface area contributed by atoms with Crippen molar-refractivity contribution < 1.29 is 19.1 Å². The first-order valence-electron chi connectivity index (χ1n) is 8.31. The molecule has 1 rings (SSSR count). The van der Waals surface area contributed by atoms with Gasteiger partial charge in [0.05, 0.1) is 6.04 Å². The first-order chi connectivity index (χ1) is 11.1. The normalized spacial score (nSPS) is 22.8. The topological polar surface area (TPSA) is 114 Å². The summed E-state index contributed by atoms with van der Waals surface area (Å²) in [5.41, 5.74) is 4.76. The maximum Gasteiger partial charge on any atom is 0.408 e. The standard InChI is InChI=1S/C16H30N4O4/c1-16(2,3)24-15(23)19-11(10-21)9-18-8-7-12-5-6-13(14(17)22)20(12)4/h10-13,18H,5-9H2,1-4H3,(H2,17,22)(H,19,23). The summed E-state index contributed by atoms with van der Waals surface area (Å²) >= 11 is 0. The van der Waals surface area contributed by atoms with E-state index >= 15 is 0 Å². The Labute approximate surface area is 143 Å². The maximum absolute atomic E-state index is 11.6. The van der Waals surface area contributed by atoms with Crippen molar-refractivity contribution in [3.63, 3.8) is 0 Å². The van der Waals surface area contributed by atoms with Crippen molar-refractivity contribution in [1.82, 2.24) is 15.5 Å². The number of nitrogens with two attached hydrogens (primary N) is 1. The number of rotatable bonds is 8. The van der Waals surface area contributed by atoms with Crippen LogP contribution in [0.4, 0.5) is 4.79 Å². The fourth-order valence-corrected chi connectivity index (χ4v) is 2.82. The van der Waals surface area contributed by atoms with Crippen molar-refractivity contribution in [1.29, 1.82) is 0 Å². The molecule has 0 aromatic carbocycles. The molecule has 4 N–H and O–H groups in total. The van der Waals surface area contributed by atoms with Gasteiger partial charge in [-0.1, -0.05) is 0 Å². The first kappa shape index (κ1) is 20.4. The third-order valence-corrected chi connectivity index (χ3v) is 4.05. The number of likely N-dealkylation sites (tertiary alicyclic amines) is 1. The minimum Gasteiger partial charge on any atom is -0.444 e. The molecule has 3 atom stereocenters. The van der Waals surface area contributed by atoms with E-state index in [0.29, 0.717) is 25.4 Å². The number of likely N-dealkylation sites (N-methyl/N-ethyl adjacent to an activating group) is 1. The third-order valence-electron chi connectivity index (χ3n) is 4.05. The molecule has 0 aliphatic carbocycles. The molecule has 0 radical (unpaired) electrons. The van der Waals surface area contributed by atoms with Crippen LogP contribution in [-0.4, -0.2) is 67.1 Å². The number of hydrogen-bond acceptors (Lipinski definition) is 6. The van der Waals surface area contributed by atoms with Crippen molar-refractivity contribution in [2.45, 2.75) is 63.8 Å². The van der Waals surface area contributed by atoms with Crippen molar-refractivity contribution in [2.75, 3.05) is 20.1 Å². The minimum absolute atomic E-state index is 0.188. The van der Waals surface area contributed by atoms with Crippen molar-refractivity contribution in [2.24, 2.45) is 5.73 Å². The molecule has 138 valence electrons. The average Bonchev–Trinajstić information content (AvgIpc) is 2.81. The van der Waals surface area contributed by atoms with E-state index in [1.807, 2.05) is 11.9 Å². The van der Waals surface area contributed by atoms with Gasteiger partial charge in [0.15, 0.2) is 0 Å². The summed E-state index contributed by atoms with van der Waals surface area (Å²) in [6, 6.07) is -0.533. The number of nitrogens with zero attached hydrogens (tertiary/aromatic N) is 1. The summed E-state index contributed by atoms with van der Waals surface area (Å²) in [6.45, 7) is 6.30. The van der Waals surface area contributed by atoms with Crippen LogP contribution in [0.5, 0.6) is 0 Å². The molecule has 1 aliphatic heterocycles. The fraction of sp³-hybridized carbons (Fsp3) is 0.812. The SMILES string of the molecule is CN1C(CCNCC(C=O)NC(=O)OC(C)(C)C)CCC1C(N)=O. The molecule has 0 saturated carbocycles. The quantitative estimate of drug-likeness (QED) is 0.423. The molecule has 1 fully saturated rings. The van der Waals surface area contributed by atoms with E-state index in [-0.39, 0.29) is 11.9 Å². The van der Waals surface area contributed by atoms with Gasteiger partial charge in [0.25, 0.3) is 0 Å². The Hall–Kier alpha value is -1.67. The smallest absolute Gasteiger partial charge is 0.408 e. The molecule has 0 bridgehead atoms. The molecular weight excluding hydrogens is 312 g/mol. The van der Waals surface area contributed by atoms with Crippen LogP contribution in [0.25, 0.3) is 0 Å². The molecular formula is C16H30N4O4. The number of aldehydes is 1. The highest BCUT2D eigenvalue weighted by Crippen LogP contribution is 2.23. The molecule has 8 heteroatoms. The monoisotopic (exact) mass is 342 g/mol. The van der Waals surface area contributed by atoms with Crippen LogP contribution < -0.4 is 16.4 Å². The van der Waals surface area contributed by atoms with Gasteiger partial charge < -0.3 is 25.9 Å². The lowest BCUT2D eigenvalue weighted by Crippen LogP contribution is -2.46. The highest BCUT2D eigenvalue weighted by Gasteiger charge is 2.33. The Balaban J connectivity index is 2.27. The minimum atomic E-state index is -0.639. The van der Waals surface area contributed by atoms with Crippen molar-refractivity contribution in [3.05, 3.63) is 0 Å². The largest absolute Gasteiger partial charge is 0.444 e. The molecule has 8 nitrogen and oxygen atoms in total. The average molecular weight is 342 g/mol. The molecule has 1 heterocycles. The number of ether oxygens (including phenoxy) is 1. The van der Waals surface area contributed by atoms with Gasteiger partial charge in [0.1, 0.15) is 17.9 Å². The van der Waals surface area contributed by atoms with Crippen LogP contribution in [0.2, 0.25) is 0 Å². The fourth-order valence-electron chi connectivity index (χ4n) is 2.82. The van der Waals surface area contributed by atoms with Crippen LogP contribution in [0.1, 0.15) is 40.0 Å². The summed E-state index contributed by atoms with van der Waals surface area (Å²) in [5.74, 6) is -0.282. The second-order valence-corrected chi connectivity index (χ2v) is 7.20. The van der Waals surface area contributed by atoms with Crippen LogP contribution in [0.3, 0.4) is 0 Å². The van der Waals surface area contributed by atoms with E-state index < -0.39 is 17.7 Å². The highest BCUT2D eigenvalue weighted by atomic mass is 16.6. The molecule has 2 amide bonds. The molecule has 1 aliphatic rings. The van der Waals surface area contributed by atoms with E-state index in [4.69, 9.17) is 10.5 Å². The Bertz CT molecular complexity index is 450. The Morgan fingerprint density at radius 3 is 2.54 bits per heavy atom. The Morgan fingerprint density at radius 1 is 1.38 bits per heavy atom. The third kappa shape index (κ3) is 6.84. The lowest BCUT2D eigenvalue weighted by Gasteiger charge is -2.24. The van der Waals surface area contributed by atoms with E-state index in [1.54, 1.807) is 20.8 Å². The predicted molar refractivity (Wildman–Crippen MR) is 90.5 cm³/mol. The summed E-state index contributed by atoms with van der Waals surface area (Å²) in [6.07, 6.45) is 2.63. The van der Waals surface area contributed by atoms with Crippen molar-refractivity contribution >= 4 is 18.3 Å². The van der Waals surface area contributed by atoms with E-state index in [2.05, 4.69) is 10.6 Å². The zero-order chi connectivity index (χ0) is 18.3. The summed E-state index contributed by atoms with van der Waals surface area (Å²) in [7, 11) is 1.91. The second kappa shape index (κ2) is 8.98.